The van der Waals surface area contributed by atoms with Gasteiger partial charge in [-0.25, -0.2) is 4.79 Å². The largest absolute Gasteiger partial charge is 0.452 e. The van der Waals surface area contributed by atoms with Crippen LogP contribution in [0.4, 0.5) is 5.00 Å². The highest BCUT2D eigenvalue weighted by Gasteiger charge is 2.25. The van der Waals surface area contributed by atoms with Crippen molar-refractivity contribution < 1.29 is 23.6 Å². The first-order valence-corrected chi connectivity index (χ1v) is 11.7. The zero-order chi connectivity index (χ0) is 23.7. The maximum absolute atomic E-state index is 12.6. The maximum atomic E-state index is 12.6. The van der Waals surface area contributed by atoms with Crippen molar-refractivity contribution in [2.24, 2.45) is 5.73 Å². The highest BCUT2D eigenvalue weighted by atomic mass is 32.1. The molecule has 0 unspecified atom stereocenters. The van der Waals surface area contributed by atoms with E-state index in [0.717, 1.165) is 41.7 Å². The van der Waals surface area contributed by atoms with E-state index >= 15 is 0 Å². The highest BCUT2D eigenvalue weighted by molar-refractivity contribution is 7.17. The lowest BCUT2D eigenvalue weighted by Crippen LogP contribution is -2.23. The number of carbonyl (C=O) groups is 3. The van der Waals surface area contributed by atoms with Crippen LogP contribution in [0, 0.1) is 0 Å². The molecule has 4 aromatic rings. The summed E-state index contributed by atoms with van der Waals surface area (Å²) in [6.07, 6.45) is 3.66. The molecule has 0 spiro atoms. The van der Waals surface area contributed by atoms with Crippen LogP contribution < -0.4 is 11.1 Å². The van der Waals surface area contributed by atoms with Crippen LogP contribution >= 0.6 is 11.3 Å². The van der Waals surface area contributed by atoms with E-state index in [0.29, 0.717) is 27.2 Å². The number of carbonyl (C=O) groups excluding carboxylic acids is 3. The minimum absolute atomic E-state index is 0.269. The molecule has 3 N–H and O–H groups in total. The van der Waals surface area contributed by atoms with Gasteiger partial charge in [0, 0.05) is 10.4 Å². The molecule has 0 atom stereocenters. The fraction of sp³-hybridized carbons (Fsp3) is 0.200. The zero-order valence-corrected chi connectivity index (χ0v) is 18.9. The van der Waals surface area contributed by atoms with Crippen LogP contribution in [0.1, 0.15) is 44.0 Å². The lowest BCUT2D eigenvalue weighted by molar-refractivity contribution is -0.119. The van der Waals surface area contributed by atoms with Gasteiger partial charge in [-0.05, 0) is 49.4 Å². The zero-order valence-electron chi connectivity index (χ0n) is 18.1. The average molecular weight is 476 g/mol. The third kappa shape index (κ3) is 4.17. The standard InChI is InChI=1S/C25H21N3O5S/c26-23(30)21-16-8-4-5-9-19(16)34-24(21)27-20(29)13-32-25(31)15-10-11-18-17(12-15)22(33-28-18)14-6-2-1-3-7-14/h1-3,6-7,10-12H,4-5,8-9,13H2,(H2,26,30)(H,27,29). The molecule has 2 heterocycles. The van der Waals surface area contributed by atoms with E-state index in [9.17, 15) is 14.4 Å². The number of fused-ring (bicyclic) bond motifs is 2. The Balaban J connectivity index is 1.29. The minimum atomic E-state index is -0.655. The molecule has 0 fully saturated rings. The molecule has 5 rings (SSSR count). The van der Waals surface area contributed by atoms with Crippen LogP contribution in [-0.2, 0) is 22.4 Å². The summed E-state index contributed by atoms with van der Waals surface area (Å²) in [6, 6.07) is 14.3. The van der Waals surface area contributed by atoms with E-state index in [1.54, 1.807) is 18.2 Å². The number of nitrogens with zero attached hydrogens (tertiary/aromatic N) is 1. The van der Waals surface area contributed by atoms with E-state index in [-0.39, 0.29) is 5.56 Å². The normalized spacial score (nSPS) is 12.8. The molecule has 1 aliphatic carbocycles. The molecule has 0 aliphatic heterocycles. The van der Waals surface area contributed by atoms with Crippen LogP contribution in [0.2, 0.25) is 0 Å². The van der Waals surface area contributed by atoms with Gasteiger partial charge < -0.3 is 20.3 Å². The SMILES string of the molecule is NC(=O)c1c(NC(=O)COC(=O)c2ccc3noc(-c4ccccc4)c3c2)sc2c1CCCC2. The fourth-order valence-corrected chi connectivity index (χ4v) is 5.47. The van der Waals surface area contributed by atoms with Gasteiger partial charge in [-0.2, -0.15) is 0 Å². The first-order chi connectivity index (χ1) is 16.5. The Labute approximate surface area is 198 Å². The third-order valence-corrected chi connectivity index (χ3v) is 6.96. The first kappa shape index (κ1) is 21.8. The molecule has 1 aliphatic rings. The van der Waals surface area contributed by atoms with Gasteiger partial charge in [0.05, 0.1) is 16.5 Å². The number of primary amides is 1. The number of benzene rings is 2. The number of anilines is 1. The number of aryl methyl sites for hydroxylation is 1. The van der Waals surface area contributed by atoms with Gasteiger partial charge in [0.25, 0.3) is 11.8 Å². The van der Waals surface area contributed by atoms with Crippen molar-refractivity contribution >= 4 is 45.0 Å². The quantitative estimate of drug-likeness (QED) is 0.400. The number of aromatic nitrogens is 1. The van der Waals surface area contributed by atoms with Crippen LogP contribution in [0.15, 0.2) is 53.1 Å². The van der Waals surface area contributed by atoms with Gasteiger partial charge in [-0.3, -0.25) is 9.59 Å². The third-order valence-electron chi connectivity index (χ3n) is 5.75. The average Bonchev–Trinajstić information content (AvgIpc) is 3.43. The number of nitrogens with one attached hydrogen (secondary N) is 1. The number of amides is 2. The summed E-state index contributed by atoms with van der Waals surface area (Å²) in [7, 11) is 0. The van der Waals surface area contributed by atoms with Crippen molar-refractivity contribution in [3.05, 3.63) is 70.1 Å². The number of thiophene rings is 1. The van der Waals surface area contributed by atoms with Gasteiger partial charge in [-0.15, -0.1) is 11.3 Å². The van der Waals surface area contributed by atoms with E-state index < -0.39 is 24.4 Å². The Morgan fingerprint density at radius 3 is 2.68 bits per heavy atom. The van der Waals surface area contributed by atoms with Crippen molar-refractivity contribution in [1.29, 1.82) is 0 Å². The van der Waals surface area contributed by atoms with Crippen molar-refractivity contribution in [2.75, 3.05) is 11.9 Å². The van der Waals surface area contributed by atoms with Crippen molar-refractivity contribution in [2.45, 2.75) is 25.7 Å². The van der Waals surface area contributed by atoms with E-state index in [1.807, 2.05) is 30.3 Å². The number of hydrogen-bond donors (Lipinski definition) is 2. The molecular formula is C25H21N3O5S. The summed E-state index contributed by atoms with van der Waals surface area (Å²) in [5, 5.41) is 7.81. The molecule has 2 amide bonds. The molecular weight excluding hydrogens is 454 g/mol. The molecule has 172 valence electrons. The molecule has 0 saturated carbocycles. The summed E-state index contributed by atoms with van der Waals surface area (Å²) < 4.78 is 10.7. The molecule has 2 aromatic heterocycles. The molecule has 0 bridgehead atoms. The number of nitrogens with two attached hydrogens (primary N) is 1. The van der Waals surface area contributed by atoms with E-state index in [1.165, 1.54) is 11.3 Å². The van der Waals surface area contributed by atoms with Crippen molar-refractivity contribution in [3.63, 3.8) is 0 Å². The molecule has 34 heavy (non-hydrogen) atoms. The van der Waals surface area contributed by atoms with Crippen LogP contribution in [-0.4, -0.2) is 29.5 Å². The molecule has 9 heteroatoms. The Morgan fingerprint density at radius 2 is 1.88 bits per heavy atom. The summed E-state index contributed by atoms with van der Waals surface area (Å²) in [6.45, 7) is -0.493. The van der Waals surface area contributed by atoms with Gasteiger partial charge >= 0.3 is 5.97 Å². The molecule has 8 nitrogen and oxygen atoms in total. The summed E-state index contributed by atoms with van der Waals surface area (Å²) in [5.74, 6) is -1.21. The minimum Gasteiger partial charge on any atom is -0.452 e. The van der Waals surface area contributed by atoms with Crippen molar-refractivity contribution in [1.82, 2.24) is 5.16 Å². The molecule has 0 saturated heterocycles. The Hall–Kier alpha value is -3.98. The second-order valence-electron chi connectivity index (χ2n) is 8.01. The number of hydrogen-bond acceptors (Lipinski definition) is 7. The Morgan fingerprint density at radius 1 is 1.09 bits per heavy atom. The predicted molar refractivity (Wildman–Crippen MR) is 128 cm³/mol. The van der Waals surface area contributed by atoms with Crippen LogP contribution in [0.25, 0.3) is 22.2 Å². The topological polar surface area (TPSA) is 125 Å². The highest BCUT2D eigenvalue weighted by Crippen LogP contribution is 2.38. The van der Waals surface area contributed by atoms with Gasteiger partial charge in [0.1, 0.15) is 10.5 Å². The maximum Gasteiger partial charge on any atom is 0.338 e. The monoisotopic (exact) mass is 475 g/mol. The van der Waals surface area contributed by atoms with Gasteiger partial charge in [0.2, 0.25) is 0 Å². The second-order valence-corrected chi connectivity index (χ2v) is 9.12. The summed E-state index contributed by atoms with van der Waals surface area (Å²) in [4.78, 5) is 38.2. The Bertz CT molecular complexity index is 1410. The van der Waals surface area contributed by atoms with E-state index in [4.69, 9.17) is 15.0 Å². The summed E-state index contributed by atoms with van der Waals surface area (Å²) in [5.41, 5.74) is 8.56. The second kappa shape index (κ2) is 9.11. The number of rotatable bonds is 6. The van der Waals surface area contributed by atoms with E-state index in [2.05, 4.69) is 10.5 Å². The first-order valence-electron chi connectivity index (χ1n) is 10.9. The van der Waals surface area contributed by atoms with Crippen molar-refractivity contribution in [3.8, 4) is 11.3 Å². The predicted octanol–water partition coefficient (Wildman–Crippen LogP) is 4.33. The van der Waals surface area contributed by atoms with Gasteiger partial charge in [-0.1, -0.05) is 35.5 Å². The lowest BCUT2D eigenvalue weighted by atomic mass is 9.95. The number of esters is 1. The van der Waals surface area contributed by atoms with Gasteiger partial charge in [0.15, 0.2) is 12.4 Å². The lowest BCUT2D eigenvalue weighted by Gasteiger charge is -2.11. The smallest absolute Gasteiger partial charge is 0.338 e. The Kier molecular flexibility index (Phi) is 5.85. The number of ether oxygens (including phenoxy) is 1. The van der Waals surface area contributed by atoms with Crippen LogP contribution in [0.3, 0.4) is 0 Å². The van der Waals surface area contributed by atoms with Crippen LogP contribution in [0.5, 0.6) is 0 Å². The summed E-state index contributed by atoms with van der Waals surface area (Å²) >= 11 is 1.36. The fourth-order valence-electron chi connectivity index (χ4n) is 4.16. The molecule has 0 radical (unpaired) electrons. The molecule has 2 aromatic carbocycles.